The maximum atomic E-state index is 9.72. The first-order valence-corrected chi connectivity index (χ1v) is 6.35. The van der Waals surface area contributed by atoms with Crippen LogP contribution in [0.15, 0.2) is 0 Å². The second kappa shape index (κ2) is 5.83. The molecule has 0 heterocycles. The molecule has 2 fully saturated rings. The highest BCUT2D eigenvalue weighted by Crippen LogP contribution is 2.28. The van der Waals surface area contributed by atoms with Crippen molar-refractivity contribution in [1.29, 1.82) is 0 Å². The second-order valence-electron chi connectivity index (χ2n) is 4.93. The summed E-state index contributed by atoms with van der Waals surface area (Å²) in [5.41, 5.74) is 0. The molecule has 15 heavy (non-hydrogen) atoms. The van der Waals surface area contributed by atoms with E-state index in [1.165, 1.54) is 25.7 Å². The third kappa shape index (κ3) is 4.09. The van der Waals surface area contributed by atoms with Crippen molar-refractivity contribution in [1.82, 2.24) is 5.32 Å². The summed E-state index contributed by atoms with van der Waals surface area (Å²) in [7, 11) is 0. The van der Waals surface area contributed by atoms with Gasteiger partial charge in [-0.05, 0) is 31.6 Å². The zero-order valence-electron chi connectivity index (χ0n) is 9.45. The van der Waals surface area contributed by atoms with E-state index >= 15 is 0 Å². The van der Waals surface area contributed by atoms with Crippen molar-refractivity contribution in [2.24, 2.45) is 5.92 Å². The molecule has 0 aromatic rings. The topological polar surface area (TPSA) is 41.5 Å². The predicted octanol–water partition coefficient (Wildman–Crippen LogP) is 1.31. The van der Waals surface area contributed by atoms with Crippen molar-refractivity contribution in [2.75, 3.05) is 19.8 Å². The van der Waals surface area contributed by atoms with Gasteiger partial charge in [0.15, 0.2) is 0 Å². The van der Waals surface area contributed by atoms with E-state index in [1.54, 1.807) is 0 Å². The molecule has 2 saturated carbocycles. The van der Waals surface area contributed by atoms with Gasteiger partial charge in [-0.25, -0.2) is 0 Å². The first-order chi connectivity index (χ1) is 7.36. The Balaban J connectivity index is 1.48. The highest BCUT2D eigenvalue weighted by atomic mass is 16.5. The first-order valence-electron chi connectivity index (χ1n) is 6.35. The molecule has 3 nitrogen and oxygen atoms in total. The van der Waals surface area contributed by atoms with Crippen molar-refractivity contribution in [3.8, 4) is 0 Å². The van der Waals surface area contributed by atoms with E-state index in [0.29, 0.717) is 6.04 Å². The minimum atomic E-state index is -0.137. The van der Waals surface area contributed by atoms with Gasteiger partial charge in [-0.15, -0.1) is 0 Å². The molecule has 0 aliphatic heterocycles. The lowest BCUT2D eigenvalue weighted by Gasteiger charge is -2.28. The number of aliphatic hydroxyl groups excluding tert-OH is 1. The van der Waals surface area contributed by atoms with Crippen LogP contribution in [0, 0.1) is 5.92 Å². The van der Waals surface area contributed by atoms with Crippen LogP contribution in [0.2, 0.25) is 0 Å². The fraction of sp³-hybridized carbons (Fsp3) is 1.00. The number of aliphatic hydroxyl groups is 1. The highest BCUT2D eigenvalue weighted by molar-refractivity contribution is 4.80. The molecule has 0 spiro atoms. The number of ether oxygens (including phenoxy) is 1. The second-order valence-corrected chi connectivity index (χ2v) is 4.93. The van der Waals surface area contributed by atoms with Gasteiger partial charge in [0.2, 0.25) is 0 Å². The summed E-state index contributed by atoms with van der Waals surface area (Å²) in [6.07, 6.45) is 7.07. The summed E-state index contributed by atoms with van der Waals surface area (Å²) >= 11 is 0. The third-order valence-electron chi connectivity index (χ3n) is 3.43. The maximum absolute atomic E-state index is 9.72. The minimum Gasteiger partial charge on any atom is -0.392 e. The molecule has 2 rings (SSSR count). The lowest BCUT2D eigenvalue weighted by atomic mass is 9.93. The summed E-state index contributed by atoms with van der Waals surface area (Å²) < 4.78 is 5.54. The van der Waals surface area contributed by atoms with Gasteiger partial charge in [0.25, 0.3) is 0 Å². The summed E-state index contributed by atoms with van der Waals surface area (Å²) in [4.78, 5) is 0. The molecule has 2 aliphatic carbocycles. The number of nitrogens with one attached hydrogen (secondary N) is 1. The van der Waals surface area contributed by atoms with E-state index < -0.39 is 0 Å². The van der Waals surface area contributed by atoms with Gasteiger partial charge in [-0.1, -0.05) is 12.8 Å². The summed E-state index contributed by atoms with van der Waals surface area (Å²) in [5.74, 6) is 0.852. The highest BCUT2D eigenvalue weighted by Gasteiger charge is 2.23. The van der Waals surface area contributed by atoms with Crippen LogP contribution < -0.4 is 5.32 Å². The SMILES string of the molecule is O[C@@H]1CCCC[C@H]1NCCOCC1CC1. The number of hydrogen-bond donors (Lipinski definition) is 2. The molecule has 2 aliphatic rings. The Hall–Kier alpha value is -0.120. The zero-order chi connectivity index (χ0) is 10.5. The Morgan fingerprint density at radius 3 is 2.67 bits per heavy atom. The van der Waals surface area contributed by atoms with Crippen LogP contribution in [-0.2, 0) is 4.74 Å². The van der Waals surface area contributed by atoms with Crippen molar-refractivity contribution in [3.63, 3.8) is 0 Å². The smallest absolute Gasteiger partial charge is 0.0693 e. The lowest BCUT2D eigenvalue weighted by molar-refractivity contribution is 0.0785. The summed E-state index contributed by atoms with van der Waals surface area (Å²) in [6.45, 7) is 2.61. The summed E-state index contributed by atoms with van der Waals surface area (Å²) in [6, 6.07) is 0.309. The Morgan fingerprint density at radius 1 is 1.13 bits per heavy atom. The number of rotatable bonds is 6. The molecule has 3 heteroatoms. The van der Waals surface area contributed by atoms with Crippen LogP contribution >= 0.6 is 0 Å². The molecule has 88 valence electrons. The molecule has 0 radical (unpaired) electrons. The maximum Gasteiger partial charge on any atom is 0.0693 e. The molecular weight excluding hydrogens is 190 g/mol. The molecule has 0 saturated heterocycles. The molecule has 0 aromatic carbocycles. The van der Waals surface area contributed by atoms with Gasteiger partial charge in [0, 0.05) is 19.2 Å². The minimum absolute atomic E-state index is 0.137. The van der Waals surface area contributed by atoms with Crippen molar-refractivity contribution in [2.45, 2.75) is 50.7 Å². The van der Waals surface area contributed by atoms with Crippen LogP contribution in [-0.4, -0.2) is 37.0 Å². The normalized spacial score (nSPS) is 31.8. The molecule has 2 atom stereocenters. The molecule has 2 N–H and O–H groups in total. The molecule has 0 aromatic heterocycles. The fourth-order valence-electron chi connectivity index (χ4n) is 2.20. The first kappa shape index (κ1) is 11.4. The van der Waals surface area contributed by atoms with Gasteiger partial charge in [0.1, 0.15) is 0 Å². The third-order valence-corrected chi connectivity index (χ3v) is 3.43. The average Bonchev–Trinajstić information content (AvgIpc) is 3.04. The van der Waals surface area contributed by atoms with Crippen LogP contribution in [0.4, 0.5) is 0 Å². The zero-order valence-corrected chi connectivity index (χ0v) is 9.45. The Kier molecular flexibility index (Phi) is 4.42. The van der Waals surface area contributed by atoms with Crippen molar-refractivity contribution >= 4 is 0 Å². The molecule has 0 amide bonds. The van der Waals surface area contributed by atoms with Gasteiger partial charge in [-0.2, -0.15) is 0 Å². The van der Waals surface area contributed by atoms with Gasteiger partial charge < -0.3 is 15.2 Å². The van der Waals surface area contributed by atoms with Crippen LogP contribution in [0.1, 0.15) is 38.5 Å². The predicted molar refractivity (Wildman–Crippen MR) is 59.8 cm³/mol. The van der Waals surface area contributed by atoms with Crippen molar-refractivity contribution < 1.29 is 9.84 Å². The quantitative estimate of drug-likeness (QED) is 0.654. The van der Waals surface area contributed by atoms with Gasteiger partial charge in [0.05, 0.1) is 12.7 Å². The van der Waals surface area contributed by atoms with Crippen molar-refractivity contribution in [3.05, 3.63) is 0 Å². The van der Waals surface area contributed by atoms with Gasteiger partial charge in [-0.3, -0.25) is 0 Å². The van der Waals surface area contributed by atoms with Crippen LogP contribution in [0.25, 0.3) is 0 Å². The largest absolute Gasteiger partial charge is 0.392 e. The van der Waals surface area contributed by atoms with E-state index in [4.69, 9.17) is 4.74 Å². The van der Waals surface area contributed by atoms with Crippen LogP contribution in [0.5, 0.6) is 0 Å². The van der Waals surface area contributed by atoms with Crippen LogP contribution in [0.3, 0.4) is 0 Å². The number of hydrogen-bond acceptors (Lipinski definition) is 3. The Labute approximate surface area is 92.2 Å². The van der Waals surface area contributed by atoms with E-state index in [2.05, 4.69) is 5.32 Å². The molecule has 0 unspecified atom stereocenters. The Morgan fingerprint density at radius 2 is 1.93 bits per heavy atom. The lowest BCUT2D eigenvalue weighted by Crippen LogP contribution is -2.43. The van der Waals surface area contributed by atoms with E-state index in [1.807, 2.05) is 0 Å². The van der Waals surface area contributed by atoms with E-state index in [-0.39, 0.29) is 6.10 Å². The van der Waals surface area contributed by atoms with Gasteiger partial charge >= 0.3 is 0 Å². The molecular formula is C12H23NO2. The Bertz CT molecular complexity index is 182. The fourth-order valence-corrected chi connectivity index (χ4v) is 2.20. The van der Waals surface area contributed by atoms with E-state index in [9.17, 15) is 5.11 Å². The van der Waals surface area contributed by atoms with E-state index in [0.717, 1.165) is 38.5 Å². The average molecular weight is 213 g/mol. The molecule has 0 bridgehead atoms. The summed E-state index contributed by atoms with van der Waals surface area (Å²) in [5, 5.41) is 13.1. The standard InChI is InChI=1S/C12H23NO2/c14-12-4-2-1-3-11(12)13-7-8-15-9-10-5-6-10/h10-14H,1-9H2/t11-,12-/m1/s1. The monoisotopic (exact) mass is 213 g/mol.